The first-order valence-corrected chi connectivity index (χ1v) is 10.6. The molecule has 0 aliphatic heterocycles. The maximum absolute atomic E-state index is 10.6. The third-order valence-corrected chi connectivity index (χ3v) is 6.89. The molecule has 0 radical (unpaired) electrons. The topological polar surface area (TPSA) is 78.3 Å². The third kappa shape index (κ3) is 3.59. The molecule has 0 amide bonds. The summed E-state index contributed by atoms with van der Waals surface area (Å²) in [7, 11) is 0. The maximum atomic E-state index is 10.6. The van der Waals surface area contributed by atoms with E-state index in [2.05, 4.69) is 34.6 Å². The SMILES string of the molecule is OCC1C(O)CC(NC2Cc3ccccc3C2)C1Cc1ccnc(C2CC2)n1. The number of aliphatic hydroxyl groups is 2. The number of fused-ring (bicyclic) bond motifs is 1. The molecule has 0 saturated heterocycles. The molecule has 4 unspecified atom stereocenters. The molecule has 3 N–H and O–H groups in total. The second-order valence-corrected chi connectivity index (χ2v) is 8.84. The molecule has 5 rings (SSSR count). The average Bonchev–Trinajstić information content (AvgIpc) is 3.41. The molecule has 0 spiro atoms. The van der Waals surface area contributed by atoms with Crippen LogP contribution in [0.25, 0.3) is 0 Å². The van der Waals surface area contributed by atoms with Gasteiger partial charge in [-0.05, 0) is 61.6 Å². The van der Waals surface area contributed by atoms with Gasteiger partial charge in [-0.15, -0.1) is 0 Å². The molecule has 2 aromatic rings. The number of hydrogen-bond acceptors (Lipinski definition) is 5. The molecule has 148 valence electrons. The molecule has 1 aromatic heterocycles. The van der Waals surface area contributed by atoms with E-state index in [0.29, 0.717) is 18.4 Å². The number of benzene rings is 1. The van der Waals surface area contributed by atoms with E-state index in [-0.39, 0.29) is 24.5 Å². The molecule has 3 aliphatic carbocycles. The monoisotopic (exact) mass is 379 g/mol. The first-order valence-electron chi connectivity index (χ1n) is 10.6. The van der Waals surface area contributed by atoms with Crippen LogP contribution < -0.4 is 5.32 Å². The molecule has 28 heavy (non-hydrogen) atoms. The predicted molar refractivity (Wildman–Crippen MR) is 107 cm³/mol. The highest BCUT2D eigenvalue weighted by atomic mass is 16.3. The van der Waals surface area contributed by atoms with Crippen LogP contribution in [-0.2, 0) is 19.3 Å². The zero-order valence-corrected chi connectivity index (χ0v) is 16.2. The number of rotatable bonds is 6. The molecule has 2 saturated carbocycles. The van der Waals surface area contributed by atoms with Crippen LogP contribution in [0.2, 0.25) is 0 Å². The van der Waals surface area contributed by atoms with Gasteiger partial charge in [0.25, 0.3) is 0 Å². The van der Waals surface area contributed by atoms with Crippen molar-refractivity contribution in [2.45, 2.75) is 62.6 Å². The predicted octanol–water partition coefficient (Wildman–Crippen LogP) is 2.01. The van der Waals surface area contributed by atoms with Crippen LogP contribution in [0.1, 0.15) is 47.8 Å². The van der Waals surface area contributed by atoms with E-state index in [4.69, 9.17) is 4.98 Å². The molecule has 2 fully saturated rings. The first kappa shape index (κ1) is 18.2. The summed E-state index contributed by atoms with van der Waals surface area (Å²) < 4.78 is 0. The van der Waals surface area contributed by atoms with Crippen molar-refractivity contribution in [1.82, 2.24) is 15.3 Å². The van der Waals surface area contributed by atoms with E-state index in [1.807, 2.05) is 12.3 Å². The maximum Gasteiger partial charge on any atom is 0.131 e. The summed E-state index contributed by atoms with van der Waals surface area (Å²) in [5.41, 5.74) is 3.90. The van der Waals surface area contributed by atoms with Gasteiger partial charge in [0.05, 0.1) is 6.10 Å². The van der Waals surface area contributed by atoms with Gasteiger partial charge in [0, 0.05) is 42.4 Å². The van der Waals surface area contributed by atoms with Crippen molar-refractivity contribution in [2.75, 3.05) is 6.61 Å². The summed E-state index contributed by atoms with van der Waals surface area (Å²) in [5.74, 6) is 1.59. The van der Waals surface area contributed by atoms with Crippen LogP contribution in [-0.4, -0.2) is 45.0 Å². The minimum Gasteiger partial charge on any atom is -0.396 e. The number of nitrogens with zero attached hydrogens (tertiary/aromatic N) is 2. The van der Waals surface area contributed by atoms with Crippen molar-refractivity contribution in [3.8, 4) is 0 Å². The van der Waals surface area contributed by atoms with Gasteiger partial charge >= 0.3 is 0 Å². The minimum atomic E-state index is -0.457. The lowest BCUT2D eigenvalue weighted by Crippen LogP contribution is -2.43. The van der Waals surface area contributed by atoms with Crippen LogP contribution in [0, 0.1) is 11.8 Å². The second kappa shape index (κ2) is 7.54. The Kier molecular flexibility index (Phi) is 4.91. The van der Waals surface area contributed by atoms with Gasteiger partial charge < -0.3 is 15.5 Å². The molecular formula is C23H29N3O2. The minimum absolute atomic E-state index is 0.0233. The fraction of sp³-hybridized carbons (Fsp3) is 0.565. The fourth-order valence-corrected chi connectivity index (χ4v) is 5.22. The molecule has 5 heteroatoms. The van der Waals surface area contributed by atoms with Crippen LogP contribution in [0.4, 0.5) is 0 Å². The van der Waals surface area contributed by atoms with E-state index in [1.54, 1.807) is 0 Å². The Morgan fingerprint density at radius 2 is 1.79 bits per heavy atom. The molecule has 0 bridgehead atoms. The van der Waals surface area contributed by atoms with Gasteiger partial charge in [-0.1, -0.05) is 24.3 Å². The Labute approximate surface area is 166 Å². The molecular weight excluding hydrogens is 350 g/mol. The number of aromatic nitrogens is 2. The largest absolute Gasteiger partial charge is 0.396 e. The van der Waals surface area contributed by atoms with E-state index < -0.39 is 6.10 Å². The standard InChI is InChI=1S/C23H29N3O2/c27-13-20-19(11-17-7-8-24-23(26-17)14-5-6-14)21(12-22(20)28)25-18-9-15-3-1-2-4-16(15)10-18/h1-4,7-8,14,18-22,25,27-28H,5-6,9-13H2. The highest BCUT2D eigenvalue weighted by Gasteiger charge is 2.43. The van der Waals surface area contributed by atoms with Crippen molar-refractivity contribution in [3.63, 3.8) is 0 Å². The highest BCUT2D eigenvalue weighted by molar-refractivity contribution is 5.33. The average molecular weight is 380 g/mol. The Bertz CT molecular complexity index is 813. The van der Waals surface area contributed by atoms with Gasteiger partial charge in [0.2, 0.25) is 0 Å². The van der Waals surface area contributed by atoms with Crippen molar-refractivity contribution < 1.29 is 10.2 Å². The van der Waals surface area contributed by atoms with E-state index >= 15 is 0 Å². The molecule has 1 heterocycles. The summed E-state index contributed by atoms with van der Waals surface area (Å²) in [5, 5.41) is 24.3. The Balaban J connectivity index is 1.31. The summed E-state index contributed by atoms with van der Waals surface area (Å²) >= 11 is 0. The van der Waals surface area contributed by atoms with Gasteiger partial charge in [0.15, 0.2) is 0 Å². The number of aliphatic hydroxyl groups excluding tert-OH is 2. The summed E-state index contributed by atoms with van der Waals surface area (Å²) in [6.07, 6.45) is 7.35. The number of hydrogen-bond donors (Lipinski definition) is 3. The van der Waals surface area contributed by atoms with Crippen molar-refractivity contribution in [3.05, 3.63) is 59.2 Å². The van der Waals surface area contributed by atoms with Crippen LogP contribution in [0.15, 0.2) is 36.5 Å². The lowest BCUT2D eigenvalue weighted by Gasteiger charge is -2.27. The second-order valence-electron chi connectivity index (χ2n) is 8.84. The molecule has 5 nitrogen and oxygen atoms in total. The van der Waals surface area contributed by atoms with Crippen molar-refractivity contribution >= 4 is 0 Å². The van der Waals surface area contributed by atoms with Crippen LogP contribution in [0.3, 0.4) is 0 Å². The number of nitrogens with one attached hydrogen (secondary N) is 1. The van der Waals surface area contributed by atoms with Crippen molar-refractivity contribution in [2.24, 2.45) is 11.8 Å². The summed E-state index contributed by atoms with van der Waals surface area (Å²) in [4.78, 5) is 9.22. The normalized spacial score (nSPS) is 29.9. The molecule has 4 atom stereocenters. The van der Waals surface area contributed by atoms with Gasteiger partial charge in [-0.25, -0.2) is 9.97 Å². The van der Waals surface area contributed by atoms with Crippen LogP contribution in [0.5, 0.6) is 0 Å². The first-order chi connectivity index (χ1) is 13.7. The van der Waals surface area contributed by atoms with Crippen LogP contribution >= 0.6 is 0 Å². The lowest BCUT2D eigenvalue weighted by atomic mass is 9.88. The smallest absolute Gasteiger partial charge is 0.131 e. The Hall–Kier alpha value is -1.82. The van der Waals surface area contributed by atoms with E-state index in [9.17, 15) is 10.2 Å². The van der Waals surface area contributed by atoms with Gasteiger partial charge in [-0.3, -0.25) is 0 Å². The van der Waals surface area contributed by atoms with Crippen molar-refractivity contribution in [1.29, 1.82) is 0 Å². The molecule has 3 aliphatic rings. The highest BCUT2D eigenvalue weighted by Crippen LogP contribution is 2.39. The third-order valence-electron chi connectivity index (χ3n) is 6.89. The lowest BCUT2D eigenvalue weighted by molar-refractivity contribution is 0.0715. The summed E-state index contributed by atoms with van der Waals surface area (Å²) in [6, 6.07) is 11.2. The summed E-state index contributed by atoms with van der Waals surface area (Å²) in [6.45, 7) is 0.0233. The fourth-order valence-electron chi connectivity index (χ4n) is 5.22. The Morgan fingerprint density at radius 3 is 2.46 bits per heavy atom. The van der Waals surface area contributed by atoms with Gasteiger partial charge in [0.1, 0.15) is 5.82 Å². The van der Waals surface area contributed by atoms with E-state index in [0.717, 1.165) is 30.8 Å². The Morgan fingerprint density at radius 1 is 1.04 bits per heavy atom. The van der Waals surface area contributed by atoms with Gasteiger partial charge in [-0.2, -0.15) is 0 Å². The quantitative estimate of drug-likeness (QED) is 0.716. The zero-order valence-electron chi connectivity index (χ0n) is 16.2. The van der Waals surface area contributed by atoms with E-state index in [1.165, 1.54) is 24.0 Å². The molecule has 1 aromatic carbocycles. The zero-order chi connectivity index (χ0) is 19.1.